The first-order chi connectivity index (χ1) is 17.7. The van der Waals surface area contributed by atoms with Gasteiger partial charge < -0.3 is 25.5 Å². The highest BCUT2D eigenvalue weighted by Crippen LogP contribution is 2.30. The number of aliphatic carboxylic acids is 1. The summed E-state index contributed by atoms with van der Waals surface area (Å²) in [6.45, 7) is 2.37. The largest absolute Gasteiger partial charge is 0.504 e. The molecule has 2 aromatic carbocycles. The van der Waals surface area contributed by atoms with Gasteiger partial charge in [-0.2, -0.15) is 0 Å². The van der Waals surface area contributed by atoms with Crippen LogP contribution in [-0.2, 0) is 17.8 Å². The van der Waals surface area contributed by atoms with Gasteiger partial charge in [0, 0.05) is 30.8 Å². The van der Waals surface area contributed by atoms with Gasteiger partial charge in [0.2, 0.25) is 0 Å². The molecule has 1 amide bonds. The Morgan fingerprint density at radius 2 is 1.81 bits per heavy atom. The van der Waals surface area contributed by atoms with E-state index in [2.05, 4.69) is 20.2 Å². The SMILES string of the molecule is Cc1nc(CC2CCN(c3ccc(-c4ccc(CO)cc4)c(F)c3)CC2)nc(C(=O)NCC(=O)O)c1O. The number of aromatic nitrogens is 2. The number of aromatic hydroxyl groups is 1. The van der Waals surface area contributed by atoms with Crippen LogP contribution in [0.15, 0.2) is 42.5 Å². The van der Waals surface area contributed by atoms with Gasteiger partial charge in [-0.1, -0.05) is 24.3 Å². The predicted molar refractivity (Wildman–Crippen MR) is 135 cm³/mol. The van der Waals surface area contributed by atoms with Gasteiger partial charge in [-0.3, -0.25) is 9.59 Å². The number of amides is 1. The van der Waals surface area contributed by atoms with Crippen LogP contribution in [0.25, 0.3) is 11.1 Å². The van der Waals surface area contributed by atoms with Crippen molar-refractivity contribution in [2.24, 2.45) is 5.92 Å². The fourth-order valence-corrected chi connectivity index (χ4v) is 4.49. The quantitative estimate of drug-likeness (QED) is 0.365. The number of aryl methyl sites for hydroxylation is 1. The molecule has 10 heteroatoms. The third-order valence-corrected chi connectivity index (χ3v) is 6.57. The first-order valence-electron chi connectivity index (χ1n) is 12.1. The average molecular weight is 509 g/mol. The van der Waals surface area contributed by atoms with Crippen molar-refractivity contribution < 1.29 is 29.3 Å². The topological polar surface area (TPSA) is 136 Å². The Balaban J connectivity index is 1.39. The zero-order chi connectivity index (χ0) is 26.5. The zero-order valence-electron chi connectivity index (χ0n) is 20.4. The van der Waals surface area contributed by atoms with E-state index in [9.17, 15) is 24.2 Å². The number of hydrogen-bond donors (Lipinski definition) is 4. The molecule has 4 N–H and O–H groups in total. The molecule has 0 spiro atoms. The van der Waals surface area contributed by atoms with E-state index in [1.165, 1.54) is 0 Å². The summed E-state index contributed by atoms with van der Waals surface area (Å²) in [5.41, 5.74) is 2.86. The van der Waals surface area contributed by atoms with Gasteiger partial charge in [-0.25, -0.2) is 14.4 Å². The number of piperidine rings is 1. The molecule has 2 heterocycles. The molecule has 0 saturated carbocycles. The number of nitrogens with one attached hydrogen (secondary N) is 1. The highest BCUT2D eigenvalue weighted by molar-refractivity contribution is 5.96. The van der Waals surface area contributed by atoms with Crippen molar-refractivity contribution in [3.8, 4) is 16.9 Å². The molecular formula is C27H29FN4O5. The monoisotopic (exact) mass is 508 g/mol. The third kappa shape index (κ3) is 6.21. The van der Waals surface area contributed by atoms with Gasteiger partial charge >= 0.3 is 5.97 Å². The van der Waals surface area contributed by atoms with E-state index >= 15 is 0 Å². The van der Waals surface area contributed by atoms with Gasteiger partial charge in [0.15, 0.2) is 11.4 Å². The Hall–Kier alpha value is -4.05. The van der Waals surface area contributed by atoms with Gasteiger partial charge in [0.25, 0.3) is 5.91 Å². The van der Waals surface area contributed by atoms with Crippen LogP contribution in [0.2, 0.25) is 0 Å². The maximum absolute atomic E-state index is 14.9. The molecule has 9 nitrogen and oxygen atoms in total. The molecule has 0 radical (unpaired) electrons. The molecule has 194 valence electrons. The lowest BCUT2D eigenvalue weighted by atomic mass is 9.92. The number of hydrogen-bond acceptors (Lipinski definition) is 7. The molecule has 4 rings (SSSR count). The van der Waals surface area contributed by atoms with Crippen LogP contribution in [0.1, 0.15) is 40.4 Å². The molecule has 0 atom stereocenters. The van der Waals surface area contributed by atoms with Crippen LogP contribution in [0, 0.1) is 18.7 Å². The summed E-state index contributed by atoms with van der Waals surface area (Å²) in [7, 11) is 0. The minimum atomic E-state index is -1.20. The Labute approximate surface area is 213 Å². The molecule has 0 unspecified atom stereocenters. The van der Waals surface area contributed by atoms with Crippen LogP contribution >= 0.6 is 0 Å². The van der Waals surface area contributed by atoms with Crippen molar-refractivity contribution in [3.63, 3.8) is 0 Å². The van der Waals surface area contributed by atoms with Crippen LogP contribution in [0.4, 0.5) is 10.1 Å². The second kappa shape index (κ2) is 11.3. The number of nitrogens with zero attached hydrogens (tertiary/aromatic N) is 3. The molecule has 1 aromatic heterocycles. The lowest BCUT2D eigenvalue weighted by Crippen LogP contribution is -2.34. The number of benzene rings is 2. The molecular weight excluding hydrogens is 479 g/mol. The lowest BCUT2D eigenvalue weighted by molar-refractivity contribution is -0.135. The molecule has 3 aromatic rings. The van der Waals surface area contributed by atoms with Crippen molar-refractivity contribution in [1.82, 2.24) is 15.3 Å². The fourth-order valence-electron chi connectivity index (χ4n) is 4.49. The van der Waals surface area contributed by atoms with Gasteiger partial charge in [-0.15, -0.1) is 0 Å². The van der Waals surface area contributed by atoms with Crippen LogP contribution in [0.5, 0.6) is 5.75 Å². The first-order valence-corrected chi connectivity index (χ1v) is 12.1. The molecule has 1 fully saturated rings. The number of rotatable bonds is 8. The van der Waals surface area contributed by atoms with Crippen molar-refractivity contribution in [2.45, 2.75) is 32.8 Å². The Morgan fingerprint density at radius 1 is 1.11 bits per heavy atom. The number of carbonyl (C=O) groups excluding carboxylic acids is 1. The Morgan fingerprint density at radius 3 is 2.43 bits per heavy atom. The van der Waals surface area contributed by atoms with Gasteiger partial charge in [0.1, 0.15) is 18.2 Å². The molecule has 1 aliphatic rings. The van der Waals surface area contributed by atoms with Crippen LogP contribution in [0.3, 0.4) is 0 Å². The van der Waals surface area contributed by atoms with Crippen LogP contribution in [-0.4, -0.2) is 56.8 Å². The van der Waals surface area contributed by atoms with E-state index in [1.807, 2.05) is 6.07 Å². The lowest BCUT2D eigenvalue weighted by Gasteiger charge is -2.33. The Kier molecular flexibility index (Phi) is 7.98. The summed E-state index contributed by atoms with van der Waals surface area (Å²) in [6.07, 6.45) is 2.14. The normalized spacial score (nSPS) is 14.0. The summed E-state index contributed by atoms with van der Waals surface area (Å²) < 4.78 is 14.9. The average Bonchev–Trinajstić information content (AvgIpc) is 2.89. The first kappa shape index (κ1) is 26.0. The molecule has 1 saturated heterocycles. The smallest absolute Gasteiger partial charge is 0.322 e. The predicted octanol–water partition coefficient (Wildman–Crippen LogP) is 3.06. The summed E-state index contributed by atoms with van der Waals surface area (Å²) in [4.78, 5) is 33.6. The van der Waals surface area contributed by atoms with Gasteiger partial charge in [0.05, 0.1) is 12.3 Å². The molecule has 0 bridgehead atoms. The molecule has 1 aliphatic heterocycles. The zero-order valence-corrected chi connectivity index (χ0v) is 20.4. The van der Waals surface area contributed by atoms with Crippen LogP contribution < -0.4 is 10.2 Å². The number of aliphatic hydroxyl groups is 1. The van der Waals surface area contributed by atoms with Crippen molar-refractivity contribution in [1.29, 1.82) is 0 Å². The summed E-state index contributed by atoms with van der Waals surface area (Å²) in [6, 6.07) is 12.4. The number of anilines is 1. The fraction of sp³-hybridized carbons (Fsp3) is 0.333. The molecule has 37 heavy (non-hydrogen) atoms. The van der Waals surface area contributed by atoms with Crippen molar-refractivity contribution in [2.75, 3.05) is 24.5 Å². The molecule has 0 aliphatic carbocycles. The van der Waals surface area contributed by atoms with E-state index in [1.54, 1.807) is 43.3 Å². The number of halogens is 1. The maximum Gasteiger partial charge on any atom is 0.322 e. The van der Waals surface area contributed by atoms with E-state index in [4.69, 9.17) is 5.11 Å². The van der Waals surface area contributed by atoms with E-state index < -0.39 is 18.4 Å². The van der Waals surface area contributed by atoms with Gasteiger partial charge in [-0.05, 0) is 55.0 Å². The van der Waals surface area contributed by atoms with Crippen molar-refractivity contribution >= 4 is 17.6 Å². The van der Waals surface area contributed by atoms with E-state index in [0.29, 0.717) is 17.8 Å². The summed E-state index contributed by atoms with van der Waals surface area (Å²) >= 11 is 0. The second-order valence-corrected chi connectivity index (χ2v) is 9.15. The number of carbonyl (C=O) groups is 2. The number of carboxylic acid groups (broad SMARTS) is 1. The van der Waals surface area contributed by atoms with E-state index in [0.717, 1.165) is 42.7 Å². The summed E-state index contributed by atoms with van der Waals surface area (Å²) in [5, 5.41) is 30.4. The standard InChI is InChI=1S/C27H29FN4O5/c1-16-26(36)25(27(37)29-14-24(34)35)31-23(30-16)12-17-8-10-32(11-9-17)20-6-7-21(22(28)13-20)19-4-2-18(15-33)3-5-19/h2-7,13,17,33,36H,8-12,14-15H2,1H3,(H,29,37)(H,34,35). The minimum Gasteiger partial charge on any atom is -0.504 e. The minimum absolute atomic E-state index is 0.0561. The second-order valence-electron chi connectivity index (χ2n) is 9.15. The number of carboxylic acids is 1. The Bertz CT molecular complexity index is 1290. The number of aliphatic hydroxyl groups excluding tert-OH is 1. The highest BCUT2D eigenvalue weighted by Gasteiger charge is 2.24. The maximum atomic E-state index is 14.9. The summed E-state index contributed by atoms with van der Waals surface area (Å²) in [5.74, 6) is -1.98. The third-order valence-electron chi connectivity index (χ3n) is 6.57. The van der Waals surface area contributed by atoms with E-state index in [-0.39, 0.29) is 35.5 Å². The highest BCUT2D eigenvalue weighted by atomic mass is 19.1. The van der Waals surface area contributed by atoms with Crippen molar-refractivity contribution in [3.05, 3.63) is 71.1 Å².